The van der Waals surface area contributed by atoms with E-state index < -0.39 is 0 Å². The molecule has 0 saturated carbocycles. The van der Waals surface area contributed by atoms with E-state index in [0.29, 0.717) is 5.69 Å². The molecule has 0 saturated heterocycles. The smallest absolute Gasteiger partial charge is 0.270 e. The summed E-state index contributed by atoms with van der Waals surface area (Å²) in [6.45, 7) is 0.764. The van der Waals surface area contributed by atoms with Crippen molar-refractivity contribution < 1.29 is 4.79 Å². The first-order valence-corrected chi connectivity index (χ1v) is 7.70. The molecule has 0 bridgehead atoms. The van der Waals surface area contributed by atoms with Crippen molar-refractivity contribution in [3.63, 3.8) is 0 Å². The summed E-state index contributed by atoms with van der Waals surface area (Å²) < 4.78 is 3.91. The first-order valence-electron chi connectivity index (χ1n) is 7.70. The molecular weight excluding hydrogens is 290 g/mol. The van der Waals surface area contributed by atoms with Gasteiger partial charge in [-0.1, -0.05) is 18.2 Å². The minimum atomic E-state index is -0.0973. The SMILES string of the molecule is O=C(NC1CCc2nccn2C1)c1cncn1-c1ccccc1. The minimum absolute atomic E-state index is 0.0973. The standard InChI is InChI=1S/C17H17N5O/c23-17(20-13-6-7-16-19-8-9-21(16)11-13)15-10-18-12-22(15)14-4-2-1-3-5-14/h1-5,8-10,12-13H,6-7,11H2,(H,20,23). The summed E-state index contributed by atoms with van der Waals surface area (Å²) in [7, 11) is 0. The van der Waals surface area contributed by atoms with Crippen molar-refractivity contribution in [3.05, 3.63) is 66.8 Å². The van der Waals surface area contributed by atoms with Crippen LogP contribution in [0.5, 0.6) is 0 Å². The Morgan fingerprint density at radius 1 is 1.26 bits per heavy atom. The number of aromatic nitrogens is 4. The Balaban J connectivity index is 1.52. The van der Waals surface area contributed by atoms with Gasteiger partial charge in [-0.15, -0.1) is 0 Å². The lowest BCUT2D eigenvalue weighted by molar-refractivity contribution is 0.0920. The lowest BCUT2D eigenvalue weighted by Crippen LogP contribution is -2.41. The number of para-hydroxylation sites is 1. The van der Waals surface area contributed by atoms with Crippen molar-refractivity contribution in [1.29, 1.82) is 0 Å². The third kappa shape index (κ3) is 2.63. The second-order valence-electron chi connectivity index (χ2n) is 5.69. The van der Waals surface area contributed by atoms with Gasteiger partial charge in [0.2, 0.25) is 0 Å². The first kappa shape index (κ1) is 13.8. The predicted molar refractivity (Wildman–Crippen MR) is 85.4 cm³/mol. The van der Waals surface area contributed by atoms with Crippen LogP contribution < -0.4 is 5.32 Å². The minimum Gasteiger partial charge on any atom is -0.346 e. The maximum atomic E-state index is 12.6. The lowest BCUT2D eigenvalue weighted by atomic mass is 10.1. The van der Waals surface area contributed by atoms with E-state index >= 15 is 0 Å². The number of hydrogen-bond donors (Lipinski definition) is 1. The summed E-state index contributed by atoms with van der Waals surface area (Å²) in [5, 5.41) is 3.11. The number of fused-ring (bicyclic) bond motifs is 1. The normalized spacial score (nSPS) is 16.8. The fourth-order valence-electron chi connectivity index (χ4n) is 3.00. The summed E-state index contributed by atoms with van der Waals surface area (Å²) in [5.74, 6) is 0.991. The average Bonchev–Trinajstić information content (AvgIpc) is 3.24. The molecule has 1 N–H and O–H groups in total. The van der Waals surface area contributed by atoms with E-state index in [-0.39, 0.29) is 11.9 Å². The highest BCUT2D eigenvalue weighted by Crippen LogP contribution is 2.15. The van der Waals surface area contributed by atoms with Crippen LogP contribution in [0.2, 0.25) is 0 Å². The zero-order valence-corrected chi connectivity index (χ0v) is 12.6. The Hall–Kier alpha value is -2.89. The third-order valence-electron chi connectivity index (χ3n) is 4.18. The number of amides is 1. The summed E-state index contributed by atoms with van der Waals surface area (Å²) in [5.41, 5.74) is 1.48. The van der Waals surface area contributed by atoms with Gasteiger partial charge in [0.05, 0.1) is 12.5 Å². The molecule has 0 radical (unpaired) electrons. The van der Waals surface area contributed by atoms with Crippen molar-refractivity contribution in [2.45, 2.75) is 25.4 Å². The number of aryl methyl sites for hydroxylation is 1. The van der Waals surface area contributed by atoms with Crippen LogP contribution in [0.3, 0.4) is 0 Å². The molecule has 3 aromatic rings. The van der Waals surface area contributed by atoms with Crippen LogP contribution in [0, 0.1) is 0 Å². The van der Waals surface area contributed by atoms with Gasteiger partial charge in [0.15, 0.2) is 0 Å². The van der Waals surface area contributed by atoms with Gasteiger partial charge >= 0.3 is 0 Å². The largest absolute Gasteiger partial charge is 0.346 e. The van der Waals surface area contributed by atoms with Crippen molar-refractivity contribution in [2.24, 2.45) is 0 Å². The molecule has 0 aliphatic carbocycles. The van der Waals surface area contributed by atoms with Crippen molar-refractivity contribution in [2.75, 3.05) is 0 Å². The second kappa shape index (κ2) is 5.72. The Bertz CT molecular complexity index is 820. The van der Waals surface area contributed by atoms with Crippen LogP contribution in [0.15, 0.2) is 55.2 Å². The van der Waals surface area contributed by atoms with Gasteiger partial charge in [0, 0.05) is 37.1 Å². The van der Waals surface area contributed by atoms with Crippen LogP contribution in [-0.4, -0.2) is 31.1 Å². The maximum absolute atomic E-state index is 12.6. The van der Waals surface area contributed by atoms with Crippen LogP contribution in [0.4, 0.5) is 0 Å². The number of hydrogen-bond acceptors (Lipinski definition) is 3. The molecule has 1 amide bonds. The third-order valence-corrected chi connectivity index (χ3v) is 4.18. The van der Waals surface area contributed by atoms with Crippen molar-refractivity contribution >= 4 is 5.91 Å². The number of carbonyl (C=O) groups is 1. The zero-order chi connectivity index (χ0) is 15.6. The molecule has 1 unspecified atom stereocenters. The topological polar surface area (TPSA) is 64.7 Å². The number of benzene rings is 1. The van der Waals surface area contributed by atoms with Crippen molar-refractivity contribution in [3.8, 4) is 5.69 Å². The van der Waals surface area contributed by atoms with Gasteiger partial charge in [0.25, 0.3) is 5.91 Å². The number of rotatable bonds is 3. The molecule has 4 rings (SSSR count). The summed E-state index contributed by atoms with van der Waals surface area (Å²) in [4.78, 5) is 21.1. The molecule has 6 heteroatoms. The Morgan fingerprint density at radius 2 is 2.13 bits per heavy atom. The summed E-state index contributed by atoms with van der Waals surface area (Å²) >= 11 is 0. The monoisotopic (exact) mass is 307 g/mol. The van der Waals surface area contributed by atoms with Crippen LogP contribution in [-0.2, 0) is 13.0 Å². The Morgan fingerprint density at radius 3 is 3.00 bits per heavy atom. The summed E-state index contributed by atoms with van der Waals surface area (Å²) in [6.07, 6.45) is 8.83. The van der Waals surface area contributed by atoms with E-state index in [2.05, 4.69) is 19.9 Å². The molecule has 0 spiro atoms. The molecule has 6 nitrogen and oxygen atoms in total. The van der Waals surface area contributed by atoms with E-state index in [1.807, 2.05) is 42.7 Å². The molecule has 0 fully saturated rings. The highest BCUT2D eigenvalue weighted by atomic mass is 16.2. The average molecular weight is 307 g/mol. The van der Waals surface area contributed by atoms with Gasteiger partial charge in [-0.25, -0.2) is 9.97 Å². The number of nitrogens with one attached hydrogen (secondary N) is 1. The number of imidazole rings is 2. The zero-order valence-electron chi connectivity index (χ0n) is 12.6. The fraction of sp³-hybridized carbons (Fsp3) is 0.235. The Kier molecular flexibility index (Phi) is 3.42. The highest BCUT2D eigenvalue weighted by molar-refractivity contribution is 5.93. The van der Waals surface area contributed by atoms with Gasteiger partial charge in [-0.3, -0.25) is 9.36 Å². The van der Waals surface area contributed by atoms with E-state index in [1.54, 1.807) is 17.1 Å². The molecule has 1 aliphatic heterocycles. The highest BCUT2D eigenvalue weighted by Gasteiger charge is 2.22. The van der Waals surface area contributed by atoms with E-state index in [4.69, 9.17) is 0 Å². The molecule has 23 heavy (non-hydrogen) atoms. The maximum Gasteiger partial charge on any atom is 0.270 e. The number of carbonyl (C=O) groups excluding carboxylic acids is 1. The molecular formula is C17H17N5O. The van der Waals surface area contributed by atoms with Crippen molar-refractivity contribution in [1.82, 2.24) is 24.4 Å². The quantitative estimate of drug-likeness (QED) is 0.802. The van der Waals surface area contributed by atoms with Gasteiger partial charge in [-0.2, -0.15) is 0 Å². The fourth-order valence-corrected chi connectivity index (χ4v) is 3.00. The predicted octanol–water partition coefficient (Wildman–Crippen LogP) is 1.81. The Labute approximate surface area is 133 Å². The second-order valence-corrected chi connectivity index (χ2v) is 5.69. The molecule has 116 valence electrons. The van der Waals surface area contributed by atoms with E-state index in [1.165, 1.54) is 0 Å². The van der Waals surface area contributed by atoms with Gasteiger partial charge in [-0.05, 0) is 18.6 Å². The van der Waals surface area contributed by atoms with Gasteiger partial charge < -0.3 is 9.88 Å². The van der Waals surface area contributed by atoms with Crippen LogP contribution >= 0.6 is 0 Å². The van der Waals surface area contributed by atoms with E-state index in [9.17, 15) is 4.79 Å². The molecule has 1 atom stereocenters. The van der Waals surface area contributed by atoms with Crippen LogP contribution in [0.25, 0.3) is 5.69 Å². The number of nitrogens with zero attached hydrogens (tertiary/aromatic N) is 4. The molecule has 1 aliphatic rings. The van der Waals surface area contributed by atoms with Gasteiger partial charge in [0.1, 0.15) is 11.5 Å². The lowest BCUT2D eigenvalue weighted by Gasteiger charge is -2.24. The molecule has 2 aromatic heterocycles. The molecule has 3 heterocycles. The van der Waals surface area contributed by atoms with E-state index in [0.717, 1.165) is 30.9 Å². The molecule has 1 aromatic carbocycles. The first-order chi connectivity index (χ1) is 11.3. The van der Waals surface area contributed by atoms with Crippen LogP contribution in [0.1, 0.15) is 22.7 Å². The summed E-state index contributed by atoms with van der Waals surface area (Å²) in [6, 6.07) is 9.86.